The molecule has 20 amide bonds. The zero-order valence-corrected chi connectivity index (χ0v) is 73.6. The normalized spacial score (nSPS) is 27.0. The van der Waals surface area contributed by atoms with Gasteiger partial charge < -0.3 is 112 Å². The van der Waals surface area contributed by atoms with Crippen LogP contribution in [0.3, 0.4) is 0 Å². The molecule has 13 fully saturated rings. The first-order valence-corrected chi connectivity index (χ1v) is 47.3. The number of nitrogens with one attached hydrogen (secondary N) is 9. The Morgan fingerprint density at radius 2 is 0.492 bits per heavy atom. The molecule has 0 unspecified atom stereocenters. The third-order valence-electron chi connectivity index (χ3n) is 27.7. The quantitative estimate of drug-likeness (QED) is 0.0300. The molecular formula is C84H123N21O22S. The Balaban J connectivity index is 0.517. The van der Waals surface area contributed by atoms with Gasteiger partial charge in [-0.3, -0.25) is 101 Å². The lowest BCUT2D eigenvalue weighted by molar-refractivity contribution is -0.148. The van der Waals surface area contributed by atoms with Crippen molar-refractivity contribution in [1.82, 2.24) is 107 Å². The van der Waals surface area contributed by atoms with E-state index in [2.05, 4.69) is 47.9 Å². The van der Waals surface area contributed by atoms with Crippen LogP contribution in [0.25, 0.3) is 0 Å². The summed E-state index contributed by atoms with van der Waals surface area (Å²) >= 11 is 1.43. The predicted molar refractivity (Wildman–Crippen MR) is 451 cm³/mol. The van der Waals surface area contributed by atoms with Gasteiger partial charge >= 0.3 is 5.97 Å². The molecule has 13 aliphatic rings. The van der Waals surface area contributed by atoms with Crippen molar-refractivity contribution < 1.29 is 106 Å². The number of likely N-dealkylation sites (tertiary alicyclic amines) is 12. The number of carbonyl (C=O) groups is 21. The van der Waals surface area contributed by atoms with Gasteiger partial charge in [-0.15, -0.1) is 0 Å². The second-order valence-corrected chi connectivity index (χ2v) is 36.5. The van der Waals surface area contributed by atoms with Crippen molar-refractivity contribution in [2.24, 2.45) is 0 Å². The summed E-state index contributed by atoms with van der Waals surface area (Å²) in [5, 5.41) is 33.2. The molecule has 128 heavy (non-hydrogen) atoms. The van der Waals surface area contributed by atoms with E-state index in [1.165, 1.54) is 65.7 Å². The Morgan fingerprint density at radius 1 is 0.273 bits per heavy atom. The molecule has 44 heteroatoms. The molecule has 0 aliphatic carbocycles. The lowest BCUT2D eigenvalue weighted by atomic mass is 10.1. The maximum Gasteiger partial charge on any atom is 0.322 e. The van der Waals surface area contributed by atoms with E-state index in [1.807, 2.05) is 6.26 Å². The van der Waals surface area contributed by atoms with Crippen LogP contribution in [0.2, 0.25) is 0 Å². The van der Waals surface area contributed by atoms with Gasteiger partial charge in [0.15, 0.2) is 0 Å². The van der Waals surface area contributed by atoms with Gasteiger partial charge in [0.2, 0.25) is 118 Å². The lowest BCUT2D eigenvalue weighted by Gasteiger charge is -2.32. The monoisotopic (exact) mass is 1810 g/mol. The molecule has 13 aliphatic heterocycles. The summed E-state index contributed by atoms with van der Waals surface area (Å²) in [4.78, 5) is 305. The Morgan fingerprint density at radius 3 is 0.719 bits per heavy atom. The third-order valence-corrected chi connectivity index (χ3v) is 28.3. The number of nitrogens with zero attached hydrogens (tertiary/aromatic N) is 12. The van der Waals surface area contributed by atoms with E-state index in [1.54, 1.807) is 4.90 Å². The van der Waals surface area contributed by atoms with E-state index >= 15 is 0 Å². The van der Waals surface area contributed by atoms with Gasteiger partial charge in [0.1, 0.15) is 85.1 Å². The first kappa shape index (κ1) is 94.8. The van der Waals surface area contributed by atoms with E-state index in [-0.39, 0.29) is 148 Å². The molecule has 13 saturated heterocycles. The average molecular weight is 1810 g/mol. The van der Waals surface area contributed by atoms with Gasteiger partial charge in [-0.1, -0.05) is 0 Å². The molecule has 13 heterocycles. The fraction of sp³-hybridized carbons (Fsp3) is 0.750. The number of aliphatic carboxylic acids is 1. The van der Waals surface area contributed by atoms with Crippen LogP contribution < -0.4 is 47.9 Å². The molecular weight excluding hydrogens is 1690 g/mol. The number of thioether (sulfide) groups is 1. The summed E-state index contributed by atoms with van der Waals surface area (Å²) in [5.41, 5.74) is 0. The zero-order chi connectivity index (χ0) is 91.1. The summed E-state index contributed by atoms with van der Waals surface area (Å²) in [6.45, 7) is -0.0687. The summed E-state index contributed by atoms with van der Waals surface area (Å²) in [5.74, 6) is -11.2. The lowest BCUT2D eigenvalue weighted by Crippen LogP contribution is -2.57. The SMILES string of the molecule is CSCC[C@H](NC(=O)[C@@H]1CCCN1C(=O)CNC(=O)[C@@H]1CCCN1C(=O)[C@@H]1CCCN1C(=O)CNC(=O)[C@@H]1CCCN1C(=O)[C@@H]1CCCN1C(=O)CNC(=O)[C@@H]1CCCN1C(=O)[C@@H]1CCCN1C(=O)CNC(=O)[C@@H]1CCCN1C(=O)[C@@H]1CCCN1C(=O)CNC(=O)[C@@H]1CCCN1C(=O)[C@@H]1CCCN1C(=O)CNC(=O)[C@@H]1CCCN1C(=O)[C@@H]1CCCN1)C(=O)NCC(=O)O. The first-order chi connectivity index (χ1) is 61.6. The standard InChI is InChI=1S/C84H123N21O22S/c1-128-42-28-50(71(114)92-49-70(112)113)93-78(121)58-22-3-30-94(58)64(106)43-86-73(116)53-17-5-37-101(53)80(123)60-24-11-32-96(60)66(108)45-88-75(118)55-19-7-39-103(55)82(125)62-26-13-34-98(62)68(110)47-90-77(120)57-21-9-41-105(57)84(127)63-27-14-35-99(63)69(111)48-91-76(119)56-20-8-40-104(56)83(126)61-25-12-33-97(61)67(109)46-89-74(117)54-18-6-38-102(54)81(124)59-23-10-31-95(59)65(107)44-87-72(115)52-16-4-36-100(52)79(122)51-15-2-29-85-51/h50-63,85H,2-49H2,1H3,(H,86,116)(H,87,115)(H,88,118)(H,89,117)(H,90,120)(H,91,119)(H,92,114)(H,93,121)(H,112,113)/t50-,51-,52-,53-,54-,55-,56-,57-,58-,59-,60-,61-,62-,63-/m0/s1. The molecule has 0 aromatic rings. The predicted octanol–water partition coefficient (Wildman–Crippen LogP) is -6.23. The van der Waals surface area contributed by atoms with Crippen molar-refractivity contribution in [2.45, 2.75) is 258 Å². The molecule has 0 aromatic heterocycles. The van der Waals surface area contributed by atoms with Crippen molar-refractivity contribution >= 4 is 136 Å². The van der Waals surface area contributed by atoms with Gasteiger partial charge in [0, 0.05) is 78.5 Å². The number of rotatable bonds is 32. The summed E-state index contributed by atoms with van der Waals surface area (Å²) in [7, 11) is 0. The van der Waals surface area contributed by atoms with Gasteiger partial charge in [-0.05, 0) is 192 Å². The zero-order valence-electron chi connectivity index (χ0n) is 72.8. The van der Waals surface area contributed by atoms with E-state index in [4.69, 9.17) is 5.11 Å². The maximum atomic E-state index is 14.4. The summed E-state index contributed by atoms with van der Waals surface area (Å²) in [6, 6.07) is -12.6. The molecule has 702 valence electrons. The molecule has 43 nitrogen and oxygen atoms in total. The van der Waals surface area contributed by atoms with Crippen LogP contribution >= 0.6 is 11.8 Å². The van der Waals surface area contributed by atoms with E-state index in [9.17, 15) is 101 Å². The van der Waals surface area contributed by atoms with Gasteiger partial charge in [0.05, 0.1) is 45.3 Å². The molecule has 0 spiro atoms. The largest absolute Gasteiger partial charge is 0.480 e. The van der Waals surface area contributed by atoms with Crippen LogP contribution in [-0.4, -0.2) is 416 Å². The Labute approximate surface area is 745 Å². The number of hydrogen-bond acceptors (Lipinski definition) is 23. The minimum absolute atomic E-state index is 0.123. The van der Waals surface area contributed by atoms with Crippen LogP contribution in [0.1, 0.15) is 173 Å². The highest BCUT2D eigenvalue weighted by molar-refractivity contribution is 7.98. The fourth-order valence-corrected chi connectivity index (χ4v) is 21.6. The average Bonchev–Trinajstić information content (AvgIpc) is 1.15. The molecule has 13 rings (SSSR count). The smallest absolute Gasteiger partial charge is 0.322 e. The highest BCUT2D eigenvalue weighted by Crippen LogP contribution is 2.33. The van der Waals surface area contributed by atoms with Crippen molar-refractivity contribution in [2.75, 3.05) is 143 Å². The van der Waals surface area contributed by atoms with Crippen LogP contribution in [0.4, 0.5) is 0 Å². The maximum absolute atomic E-state index is 14.4. The molecule has 10 N–H and O–H groups in total. The summed E-state index contributed by atoms with van der Waals surface area (Å²) < 4.78 is 0. The van der Waals surface area contributed by atoms with Gasteiger partial charge in [-0.2, -0.15) is 11.8 Å². The van der Waals surface area contributed by atoms with Crippen molar-refractivity contribution in [3.8, 4) is 0 Å². The molecule has 0 bridgehead atoms. The number of amides is 20. The van der Waals surface area contributed by atoms with Crippen molar-refractivity contribution in [3.63, 3.8) is 0 Å². The number of hydrogen-bond donors (Lipinski definition) is 10. The molecule has 0 saturated carbocycles. The molecule has 14 atom stereocenters. The highest BCUT2D eigenvalue weighted by Gasteiger charge is 2.51. The van der Waals surface area contributed by atoms with Crippen LogP contribution in [-0.2, 0) is 101 Å². The molecule has 0 radical (unpaired) electrons. The third kappa shape index (κ3) is 21.7. The minimum atomic E-state index is -1.26. The van der Waals surface area contributed by atoms with E-state index in [0.29, 0.717) is 121 Å². The number of carboxylic acids is 1. The number of carbonyl (C=O) groups excluding carboxylic acids is 20. The summed E-state index contributed by atoms with van der Waals surface area (Å²) in [6.07, 6.45) is 12.9. The van der Waals surface area contributed by atoms with E-state index < -0.39 is 236 Å². The Bertz CT molecular complexity index is 4250. The van der Waals surface area contributed by atoms with Crippen LogP contribution in [0, 0.1) is 0 Å². The minimum Gasteiger partial charge on any atom is -0.480 e. The van der Waals surface area contributed by atoms with Gasteiger partial charge in [-0.25, -0.2) is 0 Å². The van der Waals surface area contributed by atoms with Crippen molar-refractivity contribution in [3.05, 3.63) is 0 Å². The highest BCUT2D eigenvalue weighted by atomic mass is 32.2. The van der Waals surface area contributed by atoms with Crippen LogP contribution in [0.5, 0.6) is 0 Å². The fourth-order valence-electron chi connectivity index (χ4n) is 21.2. The molecule has 0 aromatic carbocycles. The van der Waals surface area contributed by atoms with Crippen LogP contribution in [0.15, 0.2) is 0 Å². The topological polar surface area (TPSA) is 526 Å². The first-order valence-electron chi connectivity index (χ1n) is 45.9. The van der Waals surface area contributed by atoms with Crippen molar-refractivity contribution in [1.29, 1.82) is 0 Å². The van der Waals surface area contributed by atoms with Gasteiger partial charge in [0.25, 0.3) is 0 Å². The second-order valence-electron chi connectivity index (χ2n) is 35.5. The second kappa shape index (κ2) is 43.5. The van der Waals surface area contributed by atoms with E-state index in [0.717, 1.165) is 13.0 Å². The number of carboxylic acid groups (broad SMARTS) is 1. The Kier molecular flexibility index (Phi) is 32.2. The Hall–Kier alpha value is -10.8.